The average molecular weight is 186 g/mol. The van der Waals surface area contributed by atoms with Crippen LogP contribution in [0.4, 0.5) is 5.13 Å². The largest absolute Gasteiger partial charge is 0.396 e. The standard InChI is InChI=1S/C8H14N2OS/c1-6(4-11)3-9-8-10-7(2)5-12-8/h5-6,11H,3-4H2,1-2H3,(H,9,10). The van der Waals surface area contributed by atoms with E-state index in [1.54, 1.807) is 11.3 Å². The van der Waals surface area contributed by atoms with Crippen molar-refractivity contribution in [3.63, 3.8) is 0 Å². The highest BCUT2D eigenvalue weighted by molar-refractivity contribution is 7.13. The summed E-state index contributed by atoms with van der Waals surface area (Å²) in [5.74, 6) is 0.286. The van der Waals surface area contributed by atoms with Crippen molar-refractivity contribution in [1.82, 2.24) is 4.98 Å². The third kappa shape index (κ3) is 2.79. The molecule has 2 N–H and O–H groups in total. The van der Waals surface area contributed by atoms with Crippen LogP contribution in [0.25, 0.3) is 0 Å². The Balaban J connectivity index is 2.33. The summed E-state index contributed by atoms with van der Waals surface area (Å²) in [6.07, 6.45) is 0. The van der Waals surface area contributed by atoms with Gasteiger partial charge in [0.25, 0.3) is 0 Å². The zero-order chi connectivity index (χ0) is 8.97. The van der Waals surface area contributed by atoms with Gasteiger partial charge in [0.05, 0.1) is 5.69 Å². The molecule has 3 nitrogen and oxygen atoms in total. The molecule has 1 aromatic rings. The summed E-state index contributed by atoms with van der Waals surface area (Å²) in [6.45, 7) is 4.96. The number of aromatic nitrogens is 1. The summed E-state index contributed by atoms with van der Waals surface area (Å²) in [4.78, 5) is 4.24. The van der Waals surface area contributed by atoms with Crippen LogP contribution >= 0.6 is 11.3 Å². The van der Waals surface area contributed by atoms with Crippen LogP contribution in [0.1, 0.15) is 12.6 Å². The summed E-state index contributed by atoms with van der Waals surface area (Å²) >= 11 is 1.60. The number of anilines is 1. The first kappa shape index (κ1) is 9.48. The van der Waals surface area contributed by atoms with Crippen molar-refractivity contribution in [2.45, 2.75) is 13.8 Å². The molecule has 1 aromatic heterocycles. The maximum absolute atomic E-state index is 8.76. The fourth-order valence-corrected chi connectivity index (χ4v) is 1.46. The number of nitrogens with zero attached hydrogens (tertiary/aromatic N) is 1. The van der Waals surface area contributed by atoms with Crippen LogP contribution in [-0.2, 0) is 0 Å². The number of rotatable bonds is 4. The van der Waals surface area contributed by atoms with E-state index in [1.807, 2.05) is 19.2 Å². The topological polar surface area (TPSA) is 45.1 Å². The van der Waals surface area contributed by atoms with Crippen molar-refractivity contribution in [3.8, 4) is 0 Å². The highest BCUT2D eigenvalue weighted by atomic mass is 32.1. The summed E-state index contributed by atoms with van der Waals surface area (Å²) in [5, 5.41) is 14.9. The first-order chi connectivity index (χ1) is 5.72. The van der Waals surface area contributed by atoms with Crippen LogP contribution in [0.15, 0.2) is 5.38 Å². The highest BCUT2D eigenvalue weighted by Crippen LogP contribution is 2.14. The average Bonchev–Trinajstić information content (AvgIpc) is 2.47. The van der Waals surface area contributed by atoms with Crippen LogP contribution < -0.4 is 5.32 Å². The number of aryl methyl sites for hydroxylation is 1. The minimum atomic E-state index is 0.220. The van der Waals surface area contributed by atoms with Gasteiger partial charge in [0, 0.05) is 18.5 Å². The van der Waals surface area contributed by atoms with Crippen molar-refractivity contribution in [3.05, 3.63) is 11.1 Å². The van der Waals surface area contributed by atoms with Crippen molar-refractivity contribution in [1.29, 1.82) is 0 Å². The van der Waals surface area contributed by atoms with E-state index >= 15 is 0 Å². The summed E-state index contributed by atoms with van der Waals surface area (Å²) in [6, 6.07) is 0. The van der Waals surface area contributed by atoms with E-state index in [1.165, 1.54) is 0 Å². The van der Waals surface area contributed by atoms with Crippen molar-refractivity contribution in [2.24, 2.45) is 5.92 Å². The SMILES string of the molecule is Cc1csc(NCC(C)CO)n1. The fourth-order valence-electron chi connectivity index (χ4n) is 0.761. The lowest BCUT2D eigenvalue weighted by Crippen LogP contribution is -2.14. The number of aliphatic hydroxyl groups excluding tert-OH is 1. The van der Waals surface area contributed by atoms with Gasteiger partial charge in [-0.15, -0.1) is 11.3 Å². The first-order valence-electron chi connectivity index (χ1n) is 3.99. The summed E-state index contributed by atoms with van der Waals surface area (Å²) < 4.78 is 0. The summed E-state index contributed by atoms with van der Waals surface area (Å²) in [7, 11) is 0. The van der Waals surface area contributed by atoms with E-state index in [4.69, 9.17) is 5.11 Å². The number of hydrogen-bond acceptors (Lipinski definition) is 4. The van der Waals surface area contributed by atoms with Crippen LogP contribution in [0.2, 0.25) is 0 Å². The Morgan fingerprint density at radius 2 is 2.50 bits per heavy atom. The van der Waals surface area contributed by atoms with Gasteiger partial charge in [-0.1, -0.05) is 6.92 Å². The lowest BCUT2D eigenvalue weighted by atomic mass is 10.2. The number of aliphatic hydroxyl groups is 1. The highest BCUT2D eigenvalue weighted by Gasteiger charge is 2.01. The third-order valence-electron chi connectivity index (χ3n) is 1.53. The molecule has 1 unspecified atom stereocenters. The molecular weight excluding hydrogens is 172 g/mol. The first-order valence-corrected chi connectivity index (χ1v) is 4.87. The smallest absolute Gasteiger partial charge is 0.182 e. The van der Waals surface area contributed by atoms with Gasteiger partial charge >= 0.3 is 0 Å². The predicted octanol–water partition coefficient (Wildman–Crippen LogP) is 1.49. The molecule has 0 aliphatic rings. The second-order valence-electron chi connectivity index (χ2n) is 2.96. The van der Waals surface area contributed by atoms with Gasteiger partial charge in [0.1, 0.15) is 0 Å². The molecule has 0 fully saturated rings. The Labute approximate surface area is 76.5 Å². The Morgan fingerprint density at radius 3 is 3.00 bits per heavy atom. The molecular formula is C8H14N2OS. The molecule has 1 rings (SSSR count). The molecule has 1 atom stereocenters. The third-order valence-corrected chi connectivity index (χ3v) is 2.45. The molecule has 1 heterocycles. The van der Waals surface area contributed by atoms with Gasteiger partial charge in [0.15, 0.2) is 5.13 Å². The molecule has 0 amide bonds. The molecule has 0 aromatic carbocycles. The summed E-state index contributed by atoms with van der Waals surface area (Å²) in [5.41, 5.74) is 1.04. The number of nitrogens with one attached hydrogen (secondary N) is 1. The van der Waals surface area contributed by atoms with Crippen molar-refractivity contribution in [2.75, 3.05) is 18.5 Å². The van der Waals surface area contributed by atoms with Gasteiger partial charge in [-0.25, -0.2) is 4.98 Å². The minimum absolute atomic E-state index is 0.220. The van der Waals surface area contributed by atoms with Crippen LogP contribution in [0.5, 0.6) is 0 Å². The second kappa shape index (κ2) is 4.42. The second-order valence-corrected chi connectivity index (χ2v) is 3.82. The molecule has 0 saturated carbocycles. The molecule has 0 spiro atoms. The zero-order valence-electron chi connectivity index (χ0n) is 7.37. The maximum Gasteiger partial charge on any atom is 0.182 e. The van der Waals surface area contributed by atoms with Crippen molar-refractivity contribution < 1.29 is 5.11 Å². The van der Waals surface area contributed by atoms with Gasteiger partial charge in [-0.3, -0.25) is 0 Å². The predicted molar refractivity (Wildman–Crippen MR) is 51.6 cm³/mol. The quantitative estimate of drug-likeness (QED) is 0.749. The van der Waals surface area contributed by atoms with Crippen LogP contribution in [-0.4, -0.2) is 23.2 Å². The van der Waals surface area contributed by atoms with Gasteiger partial charge in [0.2, 0.25) is 0 Å². The Hall–Kier alpha value is -0.610. The molecule has 4 heteroatoms. The zero-order valence-corrected chi connectivity index (χ0v) is 8.19. The molecule has 0 aliphatic carbocycles. The normalized spacial score (nSPS) is 12.9. The molecule has 0 bridgehead atoms. The monoisotopic (exact) mass is 186 g/mol. The van der Waals surface area contributed by atoms with Gasteiger partial charge < -0.3 is 10.4 Å². The molecule has 0 radical (unpaired) electrons. The van der Waals surface area contributed by atoms with E-state index in [0.717, 1.165) is 17.4 Å². The maximum atomic E-state index is 8.76. The van der Waals surface area contributed by atoms with E-state index in [2.05, 4.69) is 10.3 Å². The molecule has 12 heavy (non-hydrogen) atoms. The van der Waals surface area contributed by atoms with Gasteiger partial charge in [-0.05, 0) is 12.8 Å². The lowest BCUT2D eigenvalue weighted by Gasteiger charge is -2.07. The Morgan fingerprint density at radius 1 is 1.75 bits per heavy atom. The van der Waals surface area contributed by atoms with E-state index in [9.17, 15) is 0 Å². The molecule has 68 valence electrons. The van der Waals surface area contributed by atoms with Crippen molar-refractivity contribution >= 4 is 16.5 Å². The Kier molecular flexibility index (Phi) is 3.49. The lowest BCUT2D eigenvalue weighted by molar-refractivity contribution is 0.244. The molecule has 0 aliphatic heterocycles. The minimum Gasteiger partial charge on any atom is -0.396 e. The van der Waals surface area contributed by atoms with Crippen LogP contribution in [0.3, 0.4) is 0 Å². The van der Waals surface area contributed by atoms with E-state index in [-0.39, 0.29) is 12.5 Å². The van der Waals surface area contributed by atoms with E-state index < -0.39 is 0 Å². The fraction of sp³-hybridized carbons (Fsp3) is 0.625. The number of hydrogen-bond donors (Lipinski definition) is 2. The number of thiazole rings is 1. The van der Waals surface area contributed by atoms with E-state index in [0.29, 0.717) is 0 Å². The molecule has 0 saturated heterocycles. The Bertz CT molecular complexity index is 237. The van der Waals surface area contributed by atoms with Crippen LogP contribution in [0, 0.1) is 12.8 Å². The van der Waals surface area contributed by atoms with Gasteiger partial charge in [-0.2, -0.15) is 0 Å².